The zero-order valence-corrected chi connectivity index (χ0v) is 46.4. The minimum Gasteiger partial charge on any atom is -0.496 e. The van der Waals surface area contributed by atoms with Crippen molar-refractivity contribution in [2.24, 2.45) is 0 Å². The maximum atomic E-state index is 10.7. The van der Waals surface area contributed by atoms with Crippen molar-refractivity contribution in [3.8, 4) is 59.4 Å². The van der Waals surface area contributed by atoms with Crippen molar-refractivity contribution in [3.05, 3.63) is 213 Å². The normalized spacial score (nSPS) is 16.1. The molecule has 0 saturated heterocycles. The third kappa shape index (κ3) is 12.9. The molecule has 0 radical (unpaired) electrons. The Morgan fingerprint density at radius 1 is 0.481 bits per heavy atom. The highest BCUT2D eigenvalue weighted by Gasteiger charge is 2.44. The number of nitrogens with zero attached hydrogens (tertiary/aromatic N) is 6. The van der Waals surface area contributed by atoms with Gasteiger partial charge in [-0.15, -0.1) is 22.7 Å². The van der Waals surface area contributed by atoms with Gasteiger partial charge in [0.05, 0.1) is 50.0 Å². The van der Waals surface area contributed by atoms with E-state index in [2.05, 4.69) is 6.07 Å². The molecule has 0 amide bonds. The minimum atomic E-state index is -1.05. The van der Waals surface area contributed by atoms with E-state index in [0.29, 0.717) is 16.0 Å². The van der Waals surface area contributed by atoms with E-state index in [0.717, 1.165) is 77.3 Å². The molecule has 13 nitrogen and oxygen atoms in total. The number of nitriles is 6. The molecule has 6 aromatic rings. The summed E-state index contributed by atoms with van der Waals surface area (Å²) in [5, 5.41) is 56.2. The molecule has 0 N–H and O–H groups in total. The molecule has 0 spiro atoms. The Morgan fingerprint density at radius 2 is 0.835 bits per heavy atom. The molecule has 392 valence electrons. The fourth-order valence-corrected chi connectivity index (χ4v) is 10.1. The molecule has 0 fully saturated rings. The second-order valence-electron chi connectivity index (χ2n) is 17.6. The van der Waals surface area contributed by atoms with Crippen LogP contribution in [0.5, 0.6) is 23.0 Å². The molecule has 8 rings (SSSR count). The van der Waals surface area contributed by atoms with E-state index in [1.54, 1.807) is 64.9 Å². The molecule has 4 heterocycles. The van der Waals surface area contributed by atoms with Gasteiger partial charge < -0.3 is 28.4 Å². The van der Waals surface area contributed by atoms with E-state index in [9.17, 15) is 25.8 Å². The summed E-state index contributed by atoms with van der Waals surface area (Å²) in [6, 6.07) is 45.9. The van der Waals surface area contributed by atoms with Crippen LogP contribution >= 0.6 is 22.7 Å². The monoisotopic (exact) mass is 1080 g/mol. The Bertz CT molecular complexity index is 3700. The summed E-state index contributed by atoms with van der Waals surface area (Å²) in [4.78, 5) is 14.4. The van der Waals surface area contributed by atoms with Crippen molar-refractivity contribution in [1.82, 2.24) is 0 Å². The number of benzene rings is 4. The molecule has 4 aromatic carbocycles. The van der Waals surface area contributed by atoms with Crippen molar-refractivity contribution in [3.63, 3.8) is 0 Å². The number of hydrogen-bond acceptors (Lipinski definition) is 15. The predicted octanol–water partition coefficient (Wildman–Crippen LogP) is 14.5. The van der Waals surface area contributed by atoms with E-state index >= 15 is 0 Å². The molecular weight excluding hydrogens is 1030 g/mol. The van der Waals surface area contributed by atoms with Crippen LogP contribution in [0.4, 0.5) is 0 Å². The number of aryl methyl sites for hydroxylation is 2. The second kappa shape index (κ2) is 26.6. The van der Waals surface area contributed by atoms with Gasteiger partial charge in [0.25, 0.3) is 0 Å². The van der Waals surface area contributed by atoms with Crippen LogP contribution in [0.2, 0.25) is 0 Å². The molecule has 0 bridgehead atoms. The summed E-state index contributed by atoms with van der Waals surface area (Å²) >= 11 is 3.01. The Hall–Kier alpha value is -10.1. The number of ether oxygens (including phenoxy) is 6. The minimum absolute atomic E-state index is 0.00398. The average Bonchev–Trinajstić information content (AvgIpc) is 4.42. The van der Waals surface area contributed by atoms with Crippen LogP contribution in [0.3, 0.4) is 0 Å². The van der Waals surface area contributed by atoms with Crippen LogP contribution in [0.15, 0.2) is 160 Å². The van der Waals surface area contributed by atoms with E-state index in [4.69, 9.17) is 38.9 Å². The maximum absolute atomic E-state index is 10.7. The highest BCUT2D eigenvalue weighted by molar-refractivity contribution is 7.14. The molecule has 0 aliphatic carbocycles. The summed E-state index contributed by atoms with van der Waals surface area (Å²) < 4.78 is 33.9. The van der Waals surface area contributed by atoms with Gasteiger partial charge >= 0.3 is 0 Å². The number of rotatable bonds is 13. The van der Waals surface area contributed by atoms with E-state index < -0.39 is 11.2 Å². The van der Waals surface area contributed by atoms with Crippen LogP contribution in [0, 0.1) is 81.8 Å². The average molecular weight is 1080 g/mol. The predicted molar refractivity (Wildman–Crippen MR) is 307 cm³/mol. The quantitative estimate of drug-likeness (QED) is 0.0778. The lowest BCUT2D eigenvalue weighted by atomic mass is 9.86. The fourth-order valence-electron chi connectivity index (χ4n) is 8.54. The molecule has 0 saturated carbocycles. The summed E-state index contributed by atoms with van der Waals surface area (Å²) in [7, 11) is 6.55. The van der Waals surface area contributed by atoms with Crippen molar-refractivity contribution in [2.45, 2.75) is 45.8 Å². The number of carbonyl (C=O) groups excluding carboxylic acids is 1. The van der Waals surface area contributed by atoms with Gasteiger partial charge in [-0.05, 0) is 141 Å². The van der Waals surface area contributed by atoms with Crippen molar-refractivity contribution in [2.75, 3.05) is 28.4 Å². The topological polar surface area (TPSA) is 215 Å². The van der Waals surface area contributed by atoms with Crippen molar-refractivity contribution >= 4 is 59.3 Å². The largest absolute Gasteiger partial charge is 0.496 e. The molecule has 2 unspecified atom stereocenters. The highest BCUT2D eigenvalue weighted by atomic mass is 32.1. The summed E-state index contributed by atoms with van der Waals surface area (Å²) in [5.41, 5.74) is 4.96. The number of aldehydes is 1. The second-order valence-corrected chi connectivity index (χ2v) is 19.9. The first-order chi connectivity index (χ1) is 38.1. The van der Waals surface area contributed by atoms with Gasteiger partial charge in [-0.2, -0.15) is 31.6 Å². The first-order valence-electron chi connectivity index (χ1n) is 24.1. The van der Waals surface area contributed by atoms with Crippen LogP contribution in [-0.2, 0) is 20.7 Å². The van der Waals surface area contributed by atoms with Gasteiger partial charge in [-0.1, -0.05) is 66.7 Å². The number of allylic oxidation sites excluding steroid dienone is 4. The molecule has 2 aliphatic heterocycles. The molecule has 2 aromatic heterocycles. The van der Waals surface area contributed by atoms with Gasteiger partial charge in [0.15, 0.2) is 40.2 Å². The lowest BCUT2D eigenvalue weighted by molar-refractivity contribution is 0.0728. The Morgan fingerprint density at radius 3 is 1.20 bits per heavy atom. The number of methoxy groups -OCH3 is 4. The molecule has 2 atom stereocenters. The first-order valence-corrected chi connectivity index (χ1v) is 25.8. The SMILES string of the molecule is CC1=C(C#N)C(=C(C#N)C#N)OC1(C)c1ccccc1.COc1cc(C)cc(OC)c1/C=C/c1ccc(/C=C/C2=C(C#N)C(=C(C#N)C#N)OC2(C)c2ccccc2)s1.COc1cc(C)cc(OC)c1/C=C/c1ccc(C=O)s1. The molecule has 79 heavy (non-hydrogen) atoms. The summed E-state index contributed by atoms with van der Waals surface area (Å²) in [6.07, 6.45) is 12.5. The first kappa shape index (κ1) is 58.1. The lowest BCUT2D eigenvalue weighted by Gasteiger charge is -2.27. The van der Waals surface area contributed by atoms with Crippen LogP contribution in [0.25, 0.3) is 30.4 Å². The summed E-state index contributed by atoms with van der Waals surface area (Å²) in [5.74, 6) is 3.08. The van der Waals surface area contributed by atoms with Crippen LogP contribution < -0.4 is 18.9 Å². The Kier molecular flexibility index (Phi) is 19.6. The lowest BCUT2D eigenvalue weighted by Crippen LogP contribution is -2.23. The zero-order chi connectivity index (χ0) is 57.3. The molecular formula is C64H52N6O7S2. The third-order valence-electron chi connectivity index (χ3n) is 12.7. The summed E-state index contributed by atoms with van der Waals surface area (Å²) in [6.45, 7) is 9.43. The highest BCUT2D eigenvalue weighted by Crippen LogP contribution is 2.48. The van der Waals surface area contributed by atoms with Gasteiger partial charge in [0, 0.05) is 20.2 Å². The Balaban J connectivity index is 0.000000211. The van der Waals surface area contributed by atoms with Crippen LogP contribution in [-0.4, -0.2) is 34.7 Å². The number of thiophene rings is 2. The Labute approximate surface area is 468 Å². The van der Waals surface area contributed by atoms with Gasteiger partial charge in [0.2, 0.25) is 0 Å². The van der Waals surface area contributed by atoms with Gasteiger partial charge in [0.1, 0.15) is 65.0 Å². The third-order valence-corrected chi connectivity index (χ3v) is 14.7. The van der Waals surface area contributed by atoms with E-state index in [-0.39, 0.29) is 33.8 Å². The zero-order valence-electron chi connectivity index (χ0n) is 44.8. The van der Waals surface area contributed by atoms with Gasteiger partial charge in [-0.3, -0.25) is 4.79 Å². The molecule has 2 aliphatic rings. The molecule has 15 heteroatoms. The van der Waals surface area contributed by atoms with E-state index in [1.165, 1.54) is 11.3 Å². The van der Waals surface area contributed by atoms with Gasteiger partial charge in [-0.25, -0.2) is 0 Å². The smallest absolute Gasteiger partial charge is 0.172 e. The number of hydrogen-bond donors (Lipinski definition) is 0. The number of carbonyl (C=O) groups is 1. The van der Waals surface area contributed by atoms with Crippen LogP contribution in [0.1, 0.15) is 78.5 Å². The standard InChI is InChI=1S/C32H25N3O3S.C16H11N3O.C16H16O3S/c1-21-16-29(36-3)26(30(17-21)37-4)14-12-24-10-11-25(39-24)13-15-28-27(20-35)31(22(18-33)19-34)38-32(28,2)23-8-6-5-7-9-23;1-11-14(10-19)15(12(8-17)9-18)20-16(11,2)13-6-4-3-5-7-13;1-11-8-15(18-2)14(16(9-11)19-3)7-6-12-4-5-13(10-17)20-12/h5-17H,1-4H3;3-7H,1-2H3;4-10H,1-3H3/b14-12+,15-13+;;7-6+. The maximum Gasteiger partial charge on any atom is 0.172 e. The van der Waals surface area contributed by atoms with E-state index in [1.807, 2.05) is 185 Å². The van der Waals surface area contributed by atoms with Crippen molar-refractivity contribution < 1.29 is 33.2 Å². The van der Waals surface area contributed by atoms with Crippen molar-refractivity contribution in [1.29, 1.82) is 31.6 Å². The fraction of sp³-hybridized carbons (Fsp3) is 0.172.